The molecule has 1 rings (SSSR count). The number of hydrogen-bond donors (Lipinski definition) is 2. The van der Waals surface area contributed by atoms with E-state index in [-0.39, 0.29) is 81.5 Å². The molecule has 0 unspecified atom stereocenters. The third-order valence-electron chi connectivity index (χ3n) is 4.12. The molecule has 161 valence electrons. The molecule has 12 heteroatoms. The summed E-state index contributed by atoms with van der Waals surface area (Å²) < 4.78 is 0. The Morgan fingerprint density at radius 1 is 0.750 bits per heavy atom. The van der Waals surface area contributed by atoms with E-state index in [1.165, 1.54) is 18.9 Å². The van der Waals surface area contributed by atoms with Crippen molar-refractivity contribution in [1.29, 1.82) is 0 Å². The number of carboxylic acids is 2. The van der Waals surface area contributed by atoms with Crippen molar-refractivity contribution in [2.45, 2.75) is 13.8 Å². The zero-order chi connectivity index (χ0) is 20.4. The van der Waals surface area contributed by atoms with Gasteiger partial charge in [0.05, 0.1) is 19.6 Å². The molecule has 0 spiro atoms. The average molecular weight is 540 g/mol. The third-order valence-corrected chi connectivity index (χ3v) is 4.12. The Morgan fingerprint density at radius 2 is 1.14 bits per heavy atom. The van der Waals surface area contributed by atoms with Gasteiger partial charge in [-0.2, -0.15) is 0 Å². The topological polar surface area (TPSA) is 131 Å². The van der Waals surface area contributed by atoms with E-state index in [4.69, 9.17) is 15.1 Å². The van der Waals surface area contributed by atoms with Gasteiger partial charge in [-0.1, -0.05) is 0 Å². The van der Waals surface area contributed by atoms with Gasteiger partial charge in [-0.3, -0.25) is 29.0 Å². The Balaban J connectivity index is 0.00000729. The summed E-state index contributed by atoms with van der Waals surface area (Å²) in [6.45, 7) is 4.86. The second-order valence-electron chi connectivity index (χ2n) is 6.36. The van der Waals surface area contributed by atoms with Crippen LogP contribution in [0.15, 0.2) is 0 Å². The smallest absolute Gasteiger partial charge is 0.322 e. The number of aliphatic carboxylic acids is 2. The zero-order valence-electron chi connectivity index (χ0n) is 16.2. The van der Waals surface area contributed by atoms with Crippen LogP contribution in [0.25, 0.3) is 0 Å². The van der Waals surface area contributed by atoms with Gasteiger partial charge in [0.15, 0.2) is 0 Å². The Morgan fingerprint density at radius 3 is 1.57 bits per heavy atom. The molecule has 1 aliphatic heterocycles. The predicted molar refractivity (Wildman–Crippen MR) is 93.7 cm³/mol. The first-order chi connectivity index (χ1) is 12.7. The Labute approximate surface area is 205 Å². The second-order valence-corrected chi connectivity index (χ2v) is 6.36. The Hall–Kier alpha value is -0.656. The van der Waals surface area contributed by atoms with Crippen molar-refractivity contribution in [3.63, 3.8) is 0 Å². The van der Waals surface area contributed by atoms with Crippen LogP contribution in [0.1, 0.15) is 13.8 Å². The molecular weight excluding hydrogens is 512 g/mol. The number of carboxylic acid groups (broad SMARTS) is 2. The average Bonchev–Trinajstić information content (AvgIpc) is 2.53. The fourth-order valence-corrected chi connectivity index (χ4v) is 2.76. The van der Waals surface area contributed by atoms with E-state index in [1.54, 1.807) is 14.7 Å². The van der Waals surface area contributed by atoms with Gasteiger partial charge in [-0.15, -0.1) is 5.06 Å². The van der Waals surface area contributed by atoms with Gasteiger partial charge in [-0.05, 0) is 0 Å². The van der Waals surface area contributed by atoms with Crippen LogP contribution in [0, 0.1) is 49.4 Å². The monoisotopic (exact) mass is 541 g/mol. The molecule has 28 heavy (non-hydrogen) atoms. The molecule has 1 amide bonds. The van der Waals surface area contributed by atoms with Gasteiger partial charge in [0, 0.05) is 109 Å². The first-order valence-corrected chi connectivity index (χ1v) is 8.74. The number of carbonyl (C=O) groups is 4. The van der Waals surface area contributed by atoms with Gasteiger partial charge >= 0.3 is 17.9 Å². The van der Waals surface area contributed by atoms with Crippen molar-refractivity contribution >= 4 is 23.8 Å². The second kappa shape index (κ2) is 14.3. The molecule has 1 fully saturated rings. The molecule has 1 aliphatic rings. The van der Waals surface area contributed by atoms with Crippen LogP contribution in [0.2, 0.25) is 0 Å². The predicted octanol–water partition coefficient (Wildman–Crippen LogP) is -1.60. The van der Waals surface area contributed by atoms with Crippen LogP contribution in [0.3, 0.4) is 0 Å². The fourth-order valence-electron chi connectivity index (χ4n) is 2.76. The van der Waals surface area contributed by atoms with E-state index in [2.05, 4.69) is 0 Å². The summed E-state index contributed by atoms with van der Waals surface area (Å²) in [4.78, 5) is 55.4. The summed E-state index contributed by atoms with van der Waals surface area (Å²) in [5.74, 6) is -2.62. The van der Waals surface area contributed by atoms with Crippen LogP contribution in [0.5, 0.6) is 0 Å². The fraction of sp³-hybridized carbons (Fsp3) is 0.750. The van der Waals surface area contributed by atoms with Gasteiger partial charge in [0.25, 0.3) is 0 Å². The maximum absolute atomic E-state index is 11.8. The molecule has 1 saturated heterocycles. The van der Waals surface area contributed by atoms with Crippen LogP contribution < -0.4 is 0 Å². The molecule has 1 radical (unpaired) electrons. The van der Waals surface area contributed by atoms with E-state index >= 15 is 0 Å². The van der Waals surface area contributed by atoms with Crippen LogP contribution in [-0.4, -0.2) is 119 Å². The molecule has 0 aromatic rings. The minimum absolute atomic E-state index is 0. The van der Waals surface area contributed by atoms with E-state index in [0.717, 1.165) is 0 Å². The number of nitrogens with zero attached hydrogens (tertiary/aromatic N) is 4. The van der Waals surface area contributed by atoms with Crippen LogP contribution >= 0.6 is 0 Å². The standard InChI is InChI=1S/C16H28N4O7.Eu/c1-13(21)19-7-5-17(11-15(23)24)3-4-18(12-16(25)26)6-9-20(10-8-19)27-14(2)22;/h3-12H2,1-2H3,(H,23,24)(H,25,26);. The first kappa shape index (κ1) is 27.3. The van der Waals surface area contributed by atoms with Gasteiger partial charge in [0.1, 0.15) is 0 Å². The maximum atomic E-state index is 11.8. The van der Waals surface area contributed by atoms with Crippen molar-refractivity contribution in [2.24, 2.45) is 0 Å². The Kier molecular flexibility index (Phi) is 14.0. The van der Waals surface area contributed by atoms with Crippen molar-refractivity contribution in [3.05, 3.63) is 0 Å². The van der Waals surface area contributed by atoms with Crippen LogP contribution in [0.4, 0.5) is 0 Å². The van der Waals surface area contributed by atoms with Crippen molar-refractivity contribution in [1.82, 2.24) is 19.8 Å². The van der Waals surface area contributed by atoms with Crippen molar-refractivity contribution in [2.75, 3.05) is 65.4 Å². The molecule has 0 aromatic carbocycles. The zero-order valence-corrected chi connectivity index (χ0v) is 18.6. The van der Waals surface area contributed by atoms with E-state index < -0.39 is 17.9 Å². The first-order valence-electron chi connectivity index (χ1n) is 8.74. The molecule has 0 saturated carbocycles. The van der Waals surface area contributed by atoms with E-state index in [9.17, 15) is 19.2 Å². The molecule has 2 N–H and O–H groups in total. The minimum Gasteiger partial charge on any atom is -0.480 e. The molecule has 0 atom stereocenters. The van der Waals surface area contributed by atoms with Gasteiger partial charge < -0.3 is 20.0 Å². The maximum Gasteiger partial charge on any atom is 0.322 e. The largest absolute Gasteiger partial charge is 0.480 e. The summed E-state index contributed by atoms with van der Waals surface area (Å²) in [5, 5.41) is 19.6. The third kappa shape index (κ3) is 12.0. The Bertz CT molecular complexity index is 517. The molecule has 1 heterocycles. The molecular formula is C16H28EuN4O7. The SMILES string of the molecule is CC(=O)ON1CCN(CC(=O)O)CCN(CC(=O)O)CCN(C(C)=O)CC1.[Eu]. The van der Waals surface area contributed by atoms with Gasteiger partial charge in [0.2, 0.25) is 5.91 Å². The van der Waals surface area contributed by atoms with Crippen molar-refractivity contribution in [3.8, 4) is 0 Å². The number of carbonyl (C=O) groups excluding carboxylic acids is 2. The summed E-state index contributed by atoms with van der Waals surface area (Å²) in [6.07, 6.45) is 0. The van der Waals surface area contributed by atoms with E-state index in [0.29, 0.717) is 39.3 Å². The van der Waals surface area contributed by atoms with Crippen molar-refractivity contribution < 1.29 is 83.6 Å². The quantitative estimate of drug-likeness (QED) is 0.421. The molecule has 0 bridgehead atoms. The number of amides is 1. The van der Waals surface area contributed by atoms with E-state index in [1.807, 2.05) is 0 Å². The summed E-state index contributed by atoms with van der Waals surface area (Å²) in [6, 6.07) is 0. The van der Waals surface area contributed by atoms with Gasteiger partial charge in [-0.25, -0.2) is 0 Å². The number of rotatable bonds is 5. The summed E-state index contributed by atoms with van der Waals surface area (Å²) >= 11 is 0. The summed E-state index contributed by atoms with van der Waals surface area (Å²) in [7, 11) is 0. The number of hydrogen-bond acceptors (Lipinski definition) is 8. The normalized spacial score (nSPS) is 18.3. The minimum atomic E-state index is -0.992. The molecule has 0 aliphatic carbocycles. The number of hydroxylamine groups is 2. The molecule has 11 nitrogen and oxygen atoms in total. The summed E-state index contributed by atoms with van der Waals surface area (Å²) in [5.41, 5.74) is 0. The molecule has 0 aromatic heterocycles. The van der Waals surface area contributed by atoms with Crippen LogP contribution in [-0.2, 0) is 24.0 Å².